The van der Waals surface area contributed by atoms with Crippen LogP contribution in [0, 0.1) is 16.3 Å². The molecule has 1 aromatic heterocycles. The Hall–Kier alpha value is -1.01. The summed E-state index contributed by atoms with van der Waals surface area (Å²) in [7, 11) is 0. The summed E-state index contributed by atoms with van der Waals surface area (Å²) in [6.07, 6.45) is 2.58. The first-order valence-corrected chi connectivity index (χ1v) is 6.20. The Bertz CT molecular complexity index is 545. The van der Waals surface area contributed by atoms with Crippen LogP contribution in [0.4, 0.5) is 4.39 Å². The van der Waals surface area contributed by atoms with Gasteiger partial charge in [0.2, 0.25) is 0 Å². The van der Waals surface area contributed by atoms with Crippen LogP contribution in [0.5, 0.6) is 0 Å². The van der Waals surface area contributed by atoms with E-state index in [4.69, 9.17) is 0 Å². The van der Waals surface area contributed by atoms with Crippen LogP contribution >= 0.6 is 22.6 Å². The van der Waals surface area contributed by atoms with E-state index in [2.05, 4.69) is 4.98 Å². The lowest BCUT2D eigenvalue weighted by molar-refractivity contribution is 0.219. The molecule has 4 heteroatoms. The molecular weight excluding hydrogens is 332 g/mol. The average molecular weight is 343 g/mol. The summed E-state index contributed by atoms with van der Waals surface area (Å²) in [5.74, 6) is -0.298. The number of rotatable bonds is 2. The summed E-state index contributed by atoms with van der Waals surface area (Å²) in [4.78, 5) is 4.04. The van der Waals surface area contributed by atoms with Crippen LogP contribution in [-0.2, 0) is 0 Å². The van der Waals surface area contributed by atoms with Gasteiger partial charge in [-0.05, 0) is 52.8 Å². The molecule has 1 N–H and O–H groups in total. The van der Waals surface area contributed by atoms with Gasteiger partial charge < -0.3 is 5.11 Å². The predicted octanol–water partition coefficient (Wildman–Crippen LogP) is 3.22. The number of aliphatic hydroxyl groups excluding tert-OH is 1. The van der Waals surface area contributed by atoms with Gasteiger partial charge >= 0.3 is 0 Å². The number of aryl methyl sites for hydroxylation is 1. The monoisotopic (exact) mass is 343 g/mol. The van der Waals surface area contributed by atoms with Crippen molar-refractivity contribution >= 4 is 22.6 Å². The maximum absolute atomic E-state index is 13.0. The van der Waals surface area contributed by atoms with Crippen molar-refractivity contribution in [1.29, 1.82) is 0 Å². The molecule has 0 saturated carbocycles. The summed E-state index contributed by atoms with van der Waals surface area (Å²) in [6.45, 7) is 1.92. The molecule has 2 aromatic rings. The average Bonchev–Trinajstić information content (AvgIpc) is 2.28. The van der Waals surface area contributed by atoms with Crippen LogP contribution in [0.15, 0.2) is 36.7 Å². The number of pyridine rings is 1. The molecule has 88 valence electrons. The van der Waals surface area contributed by atoms with Crippen molar-refractivity contribution in [1.82, 2.24) is 4.98 Å². The Morgan fingerprint density at radius 1 is 1.29 bits per heavy atom. The van der Waals surface area contributed by atoms with E-state index in [1.54, 1.807) is 18.5 Å². The van der Waals surface area contributed by atoms with Gasteiger partial charge in [0, 0.05) is 21.5 Å². The quantitative estimate of drug-likeness (QED) is 0.850. The second-order valence-electron chi connectivity index (χ2n) is 3.86. The predicted molar refractivity (Wildman–Crippen MR) is 72.2 cm³/mol. The number of halogens is 2. The van der Waals surface area contributed by atoms with E-state index in [0.717, 1.165) is 11.1 Å². The first-order chi connectivity index (χ1) is 8.08. The van der Waals surface area contributed by atoms with Crippen molar-refractivity contribution in [2.24, 2.45) is 0 Å². The summed E-state index contributed by atoms with van der Waals surface area (Å²) >= 11 is 2.02. The van der Waals surface area contributed by atoms with Crippen LogP contribution in [-0.4, -0.2) is 10.1 Å². The summed E-state index contributed by atoms with van der Waals surface area (Å²) < 4.78 is 13.7. The minimum Gasteiger partial charge on any atom is -0.384 e. The number of aromatic nitrogens is 1. The van der Waals surface area contributed by atoms with Gasteiger partial charge in [-0.25, -0.2) is 4.39 Å². The van der Waals surface area contributed by atoms with Crippen molar-refractivity contribution < 1.29 is 9.50 Å². The Kier molecular flexibility index (Phi) is 3.73. The zero-order chi connectivity index (χ0) is 12.4. The third-order valence-electron chi connectivity index (χ3n) is 2.47. The highest BCUT2D eigenvalue weighted by atomic mass is 127. The fraction of sp³-hybridized carbons (Fsp3) is 0.154. The van der Waals surface area contributed by atoms with E-state index >= 15 is 0 Å². The van der Waals surface area contributed by atoms with Gasteiger partial charge in [0.05, 0.1) is 0 Å². The third kappa shape index (κ3) is 2.81. The summed E-state index contributed by atoms with van der Waals surface area (Å²) in [6, 6.07) is 6.23. The SMILES string of the molecule is Cc1cncc(C(O)c2ccc(F)cc2I)c1. The van der Waals surface area contributed by atoms with Crippen molar-refractivity contribution in [3.8, 4) is 0 Å². The molecule has 0 spiro atoms. The largest absolute Gasteiger partial charge is 0.384 e. The molecule has 0 radical (unpaired) electrons. The molecule has 1 atom stereocenters. The van der Waals surface area contributed by atoms with Gasteiger partial charge in [0.15, 0.2) is 0 Å². The van der Waals surface area contributed by atoms with Crippen molar-refractivity contribution in [2.45, 2.75) is 13.0 Å². The van der Waals surface area contributed by atoms with E-state index in [0.29, 0.717) is 9.13 Å². The summed E-state index contributed by atoms with van der Waals surface area (Å²) in [5, 5.41) is 10.2. The second kappa shape index (κ2) is 5.10. The first kappa shape index (κ1) is 12.4. The van der Waals surface area contributed by atoms with Crippen LogP contribution in [0.3, 0.4) is 0 Å². The molecule has 0 bridgehead atoms. The van der Waals surface area contributed by atoms with Gasteiger partial charge in [0.1, 0.15) is 11.9 Å². The standard InChI is InChI=1S/C13H11FINO/c1-8-4-9(7-16-6-8)13(17)11-3-2-10(14)5-12(11)15/h2-7,13,17H,1H3. The van der Waals surface area contributed by atoms with E-state index in [1.807, 2.05) is 35.6 Å². The normalized spacial score (nSPS) is 12.5. The van der Waals surface area contributed by atoms with Crippen molar-refractivity contribution in [3.63, 3.8) is 0 Å². The van der Waals surface area contributed by atoms with E-state index < -0.39 is 6.10 Å². The first-order valence-electron chi connectivity index (χ1n) is 5.12. The van der Waals surface area contributed by atoms with Gasteiger partial charge in [0.25, 0.3) is 0 Å². The minimum absolute atomic E-state index is 0.298. The molecule has 0 aliphatic carbocycles. The zero-order valence-corrected chi connectivity index (χ0v) is 11.3. The molecule has 0 amide bonds. The highest BCUT2D eigenvalue weighted by molar-refractivity contribution is 14.1. The van der Waals surface area contributed by atoms with Gasteiger partial charge in [-0.1, -0.05) is 12.1 Å². The zero-order valence-electron chi connectivity index (χ0n) is 9.19. The molecule has 2 nitrogen and oxygen atoms in total. The fourth-order valence-electron chi connectivity index (χ4n) is 1.63. The molecule has 0 fully saturated rings. The van der Waals surface area contributed by atoms with Gasteiger partial charge in [-0.3, -0.25) is 4.98 Å². The Labute approximate surface area is 113 Å². The van der Waals surface area contributed by atoms with Crippen LogP contribution < -0.4 is 0 Å². The molecular formula is C13H11FINO. The number of nitrogens with zero attached hydrogens (tertiary/aromatic N) is 1. The molecule has 1 unspecified atom stereocenters. The third-order valence-corrected chi connectivity index (χ3v) is 3.40. The lowest BCUT2D eigenvalue weighted by Crippen LogP contribution is -2.03. The minimum atomic E-state index is -0.769. The smallest absolute Gasteiger partial charge is 0.124 e. The number of hydrogen-bond donors (Lipinski definition) is 1. The van der Waals surface area contributed by atoms with Crippen LogP contribution in [0.2, 0.25) is 0 Å². The van der Waals surface area contributed by atoms with Gasteiger partial charge in [-0.15, -0.1) is 0 Å². The molecule has 0 saturated heterocycles. The molecule has 17 heavy (non-hydrogen) atoms. The van der Waals surface area contributed by atoms with E-state index in [9.17, 15) is 9.50 Å². The van der Waals surface area contributed by atoms with Gasteiger partial charge in [-0.2, -0.15) is 0 Å². The Morgan fingerprint density at radius 2 is 2.06 bits per heavy atom. The fourth-order valence-corrected chi connectivity index (χ4v) is 2.40. The van der Waals surface area contributed by atoms with E-state index in [-0.39, 0.29) is 5.82 Å². The Balaban J connectivity index is 2.40. The lowest BCUT2D eigenvalue weighted by atomic mass is 10.0. The number of hydrogen-bond acceptors (Lipinski definition) is 2. The van der Waals surface area contributed by atoms with Crippen molar-refractivity contribution in [2.75, 3.05) is 0 Å². The summed E-state index contributed by atoms with van der Waals surface area (Å²) in [5.41, 5.74) is 2.40. The van der Waals surface area contributed by atoms with Crippen LogP contribution in [0.1, 0.15) is 22.8 Å². The molecule has 2 rings (SSSR count). The van der Waals surface area contributed by atoms with Crippen LogP contribution in [0.25, 0.3) is 0 Å². The van der Waals surface area contributed by atoms with Crippen molar-refractivity contribution in [3.05, 3.63) is 62.7 Å². The maximum atomic E-state index is 13.0. The molecule has 0 aliphatic heterocycles. The second-order valence-corrected chi connectivity index (χ2v) is 5.03. The highest BCUT2D eigenvalue weighted by Gasteiger charge is 2.14. The molecule has 0 aliphatic rings. The number of benzene rings is 1. The molecule has 1 heterocycles. The Morgan fingerprint density at radius 3 is 2.71 bits per heavy atom. The topological polar surface area (TPSA) is 33.1 Å². The lowest BCUT2D eigenvalue weighted by Gasteiger charge is -2.13. The molecule has 1 aromatic carbocycles. The van der Waals surface area contributed by atoms with E-state index in [1.165, 1.54) is 12.1 Å². The number of aliphatic hydroxyl groups is 1. The maximum Gasteiger partial charge on any atom is 0.124 e. The highest BCUT2D eigenvalue weighted by Crippen LogP contribution is 2.26.